The summed E-state index contributed by atoms with van der Waals surface area (Å²) in [5, 5.41) is 11.6. The first-order valence-electron chi connectivity index (χ1n) is 5.78. The summed E-state index contributed by atoms with van der Waals surface area (Å²) in [6, 6.07) is 3.05. The number of aliphatic hydroxyl groups excluding tert-OH is 1. The van der Waals surface area contributed by atoms with Crippen LogP contribution in [0.5, 0.6) is 0 Å². The molecule has 0 saturated heterocycles. The first-order valence-corrected chi connectivity index (χ1v) is 5.78. The second-order valence-corrected chi connectivity index (χ2v) is 4.48. The molecule has 5 heteroatoms. The predicted molar refractivity (Wildman–Crippen MR) is 63.9 cm³/mol. The number of carbonyl (C=O) groups excluding carboxylic acids is 1. The van der Waals surface area contributed by atoms with Crippen LogP contribution in [-0.4, -0.2) is 23.7 Å². The van der Waals surface area contributed by atoms with E-state index in [1.807, 2.05) is 13.8 Å². The Morgan fingerprint density at radius 2 is 1.89 bits per heavy atom. The van der Waals surface area contributed by atoms with Gasteiger partial charge in [-0.2, -0.15) is 0 Å². The van der Waals surface area contributed by atoms with Gasteiger partial charge in [-0.15, -0.1) is 0 Å². The Bertz CT molecular complexity index is 401. The van der Waals surface area contributed by atoms with Crippen LogP contribution in [-0.2, 0) is 11.2 Å². The Balaban J connectivity index is 2.70. The smallest absolute Gasteiger partial charge is 0.224 e. The molecule has 3 nitrogen and oxygen atoms in total. The SMILES string of the molecule is CC(C)C(CO)NC(=O)Cc1c(F)cccc1F. The number of halogens is 2. The standard InChI is InChI=1S/C13H17F2NO2/c1-8(2)12(7-17)16-13(18)6-9-10(14)4-3-5-11(9)15/h3-5,8,12,17H,6-7H2,1-2H3,(H,16,18). The van der Waals surface area contributed by atoms with E-state index in [0.29, 0.717) is 0 Å². The van der Waals surface area contributed by atoms with Gasteiger partial charge < -0.3 is 10.4 Å². The fourth-order valence-electron chi connectivity index (χ4n) is 1.54. The molecule has 0 spiro atoms. The Hall–Kier alpha value is -1.49. The fraction of sp³-hybridized carbons (Fsp3) is 0.462. The number of rotatable bonds is 5. The molecule has 2 N–H and O–H groups in total. The maximum Gasteiger partial charge on any atom is 0.224 e. The highest BCUT2D eigenvalue weighted by Gasteiger charge is 2.18. The average molecular weight is 257 g/mol. The summed E-state index contributed by atoms with van der Waals surface area (Å²) in [6.45, 7) is 3.47. The van der Waals surface area contributed by atoms with Crippen LogP contribution in [0.15, 0.2) is 18.2 Å². The van der Waals surface area contributed by atoms with E-state index < -0.39 is 23.6 Å². The summed E-state index contributed by atoms with van der Waals surface area (Å²) in [5.74, 6) is -1.94. The van der Waals surface area contributed by atoms with Crippen LogP contribution in [0, 0.1) is 17.6 Å². The summed E-state index contributed by atoms with van der Waals surface area (Å²) in [4.78, 5) is 11.6. The van der Waals surface area contributed by atoms with Gasteiger partial charge in [-0.25, -0.2) is 8.78 Å². The van der Waals surface area contributed by atoms with Crippen LogP contribution in [0.25, 0.3) is 0 Å². The first kappa shape index (κ1) is 14.6. The molecular formula is C13H17F2NO2. The number of nitrogens with one attached hydrogen (secondary N) is 1. The van der Waals surface area contributed by atoms with Crippen molar-refractivity contribution in [1.29, 1.82) is 0 Å². The molecule has 1 unspecified atom stereocenters. The van der Waals surface area contributed by atoms with E-state index in [-0.39, 0.29) is 24.5 Å². The summed E-state index contributed by atoms with van der Waals surface area (Å²) in [6.07, 6.45) is -0.373. The molecule has 1 rings (SSSR count). The molecule has 0 saturated carbocycles. The quantitative estimate of drug-likeness (QED) is 0.842. The molecule has 1 amide bonds. The molecule has 0 bridgehead atoms. The molecule has 0 aromatic heterocycles. The van der Waals surface area contributed by atoms with Crippen LogP contribution < -0.4 is 5.32 Å². The highest BCUT2D eigenvalue weighted by molar-refractivity contribution is 5.79. The van der Waals surface area contributed by atoms with E-state index in [1.165, 1.54) is 6.07 Å². The van der Waals surface area contributed by atoms with E-state index in [0.717, 1.165) is 12.1 Å². The largest absolute Gasteiger partial charge is 0.394 e. The number of hydrogen-bond donors (Lipinski definition) is 2. The molecule has 0 aliphatic rings. The molecular weight excluding hydrogens is 240 g/mol. The van der Waals surface area contributed by atoms with Gasteiger partial charge in [0.2, 0.25) is 5.91 Å². The monoisotopic (exact) mass is 257 g/mol. The maximum atomic E-state index is 13.3. The van der Waals surface area contributed by atoms with Gasteiger partial charge in [-0.1, -0.05) is 19.9 Å². The zero-order chi connectivity index (χ0) is 13.7. The third kappa shape index (κ3) is 3.77. The third-order valence-corrected chi connectivity index (χ3v) is 2.75. The minimum atomic E-state index is -0.741. The number of amides is 1. The van der Waals surface area contributed by atoms with Crippen molar-refractivity contribution in [3.63, 3.8) is 0 Å². The second kappa shape index (κ2) is 6.44. The number of hydrogen-bond acceptors (Lipinski definition) is 2. The minimum Gasteiger partial charge on any atom is -0.394 e. The van der Waals surface area contributed by atoms with Crippen molar-refractivity contribution in [3.05, 3.63) is 35.4 Å². The highest BCUT2D eigenvalue weighted by Crippen LogP contribution is 2.13. The lowest BCUT2D eigenvalue weighted by atomic mass is 10.0. The Labute approximate surface area is 105 Å². The first-order chi connectivity index (χ1) is 8.45. The van der Waals surface area contributed by atoms with Crippen molar-refractivity contribution in [3.8, 4) is 0 Å². The molecule has 1 atom stereocenters. The Morgan fingerprint density at radius 1 is 1.33 bits per heavy atom. The zero-order valence-electron chi connectivity index (χ0n) is 10.4. The second-order valence-electron chi connectivity index (χ2n) is 4.48. The average Bonchev–Trinajstić information content (AvgIpc) is 2.30. The van der Waals surface area contributed by atoms with Gasteiger partial charge in [0.1, 0.15) is 11.6 Å². The molecule has 100 valence electrons. The molecule has 18 heavy (non-hydrogen) atoms. The van der Waals surface area contributed by atoms with Gasteiger partial charge in [0.15, 0.2) is 0 Å². The minimum absolute atomic E-state index is 0.0458. The highest BCUT2D eigenvalue weighted by atomic mass is 19.1. The van der Waals surface area contributed by atoms with Crippen molar-refractivity contribution in [1.82, 2.24) is 5.32 Å². The molecule has 0 fully saturated rings. The van der Waals surface area contributed by atoms with Crippen molar-refractivity contribution in [2.45, 2.75) is 26.3 Å². The fourth-order valence-corrected chi connectivity index (χ4v) is 1.54. The molecule has 1 aromatic rings. The van der Waals surface area contributed by atoms with Crippen LogP contribution >= 0.6 is 0 Å². The van der Waals surface area contributed by atoms with Gasteiger partial charge in [0.05, 0.1) is 19.1 Å². The van der Waals surface area contributed by atoms with Gasteiger partial charge >= 0.3 is 0 Å². The van der Waals surface area contributed by atoms with E-state index >= 15 is 0 Å². The van der Waals surface area contributed by atoms with E-state index in [4.69, 9.17) is 5.11 Å². The summed E-state index contributed by atoms with van der Waals surface area (Å²) < 4.78 is 26.6. The molecule has 0 radical (unpaired) electrons. The lowest BCUT2D eigenvalue weighted by Gasteiger charge is -2.20. The van der Waals surface area contributed by atoms with E-state index in [1.54, 1.807) is 0 Å². The van der Waals surface area contributed by atoms with Crippen LogP contribution in [0.1, 0.15) is 19.4 Å². The number of aliphatic hydroxyl groups is 1. The van der Waals surface area contributed by atoms with Crippen LogP contribution in [0.2, 0.25) is 0 Å². The predicted octanol–water partition coefficient (Wildman–Crippen LogP) is 1.64. The number of carbonyl (C=O) groups is 1. The lowest BCUT2D eigenvalue weighted by Crippen LogP contribution is -2.42. The number of benzene rings is 1. The molecule has 0 heterocycles. The summed E-state index contributed by atoms with van der Waals surface area (Å²) in [5.41, 5.74) is -0.254. The maximum absolute atomic E-state index is 13.3. The van der Waals surface area contributed by atoms with Gasteiger partial charge in [0, 0.05) is 5.56 Å². The molecule has 0 aliphatic heterocycles. The molecule has 1 aromatic carbocycles. The van der Waals surface area contributed by atoms with Crippen LogP contribution in [0.4, 0.5) is 8.78 Å². The lowest BCUT2D eigenvalue weighted by molar-refractivity contribution is -0.121. The topological polar surface area (TPSA) is 49.3 Å². The van der Waals surface area contributed by atoms with E-state index in [9.17, 15) is 13.6 Å². The summed E-state index contributed by atoms with van der Waals surface area (Å²) in [7, 11) is 0. The zero-order valence-corrected chi connectivity index (χ0v) is 10.4. The third-order valence-electron chi connectivity index (χ3n) is 2.75. The van der Waals surface area contributed by atoms with E-state index in [2.05, 4.69) is 5.32 Å². The van der Waals surface area contributed by atoms with Crippen molar-refractivity contribution in [2.24, 2.45) is 5.92 Å². The van der Waals surface area contributed by atoms with Crippen LogP contribution in [0.3, 0.4) is 0 Å². The Morgan fingerprint density at radius 3 is 2.33 bits per heavy atom. The normalized spacial score (nSPS) is 12.6. The Kier molecular flexibility index (Phi) is 5.22. The van der Waals surface area contributed by atoms with Gasteiger partial charge in [-0.05, 0) is 18.1 Å². The van der Waals surface area contributed by atoms with Crippen molar-refractivity contribution < 1.29 is 18.7 Å². The van der Waals surface area contributed by atoms with Crippen molar-refractivity contribution in [2.75, 3.05) is 6.61 Å². The van der Waals surface area contributed by atoms with Crippen molar-refractivity contribution >= 4 is 5.91 Å². The van der Waals surface area contributed by atoms with Gasteiger partial charge in [0.25, 0.3) is 0 Å². The van der Waals surface area contributed by atoms with Gasteiger partial charge in [-0.3, -0.25) is 4.79 Å². The molecule has 0 aliphatic carbocycles. The summed E-state index contributed by atoms with van der Waals surface area (Å²) >= 11 is 0.